The van der Waals surface area contributed by atoms with E-state index in [2.05, 4.69) is 24.1 Å². The SMILES string of the molecule is CC(C)CC(CCO)CNC(=O)c1csc(CCN)n1. The van der Waals surface area contributed by atoms with Crippen LogP contribution in [0.25, 0.3) is 0 Å². The van der Waals surface area contributed by atoms with Crippen molar-refractivity contribution in [3.8, 4) is 0 Å². The number of nitrogens with zero attached hydrogens (tertiary/aromatic N) is 1. The topological polar surface area (TPSA) is 88.2 Å². The summed E-state index contributed by atoms with van der Waals surface area (Å²) < 4.78 is 0. The Morgan fingerprint density at radius 2 is 2.30 bits per heavy atom. The fraction of sp³-hybridized carbons (Fsp3) is 0.714. The number of carbonyl (C=O) groups excluding carboxylic acids is 1. The van der Waals surface area contributed by atoms with Crippen molar-refractivity contribution in [1.29, 1.82) is 0 Å². The van der Waals surface area contributed by atoms with Gasteiger partial charge >= 0.3 is 0 Å². The standard InChI is InChI=1S/C14H25N3O2S/c1-10(2)7-11(4-6-18)8-16-14(19)12-9-20-13(17-12)3-5-15/h9-11,18H,3-8,15H2,1-2H3,(H,16,19). The lowest BCUT2D eigenvalue weighted by Crippen LogP contribution is -2.30. The Bertz CT molecular complexity index is 407. The molecule has 0 aliphatic rings. The van der Waals surface area contributed by atoms with Crippen molar-refractivity contribution >= 4 is 17.2 Å². The summed E-state index contributed by atoms with van der Waals surface area (Å²) >= 11 is 1.47. The number of rotatable bonds is 9. The molecule has 6 heteroatoms. The molecule has 1 rings (SSSR count). The highest BCUT2D eigenvalue weighted by Gasteiger charge is 2.14. The molecule has 0 saturated heterocycles. The Balaban J connectivity index is 2.46. The molecular weight excluding hydrogens is 274 g/mol. The molecule has 1 atom stereocenters. The summed E-state index contributed by atoms with van der Waals surface area (Å²) in [5, 5.41) is 14.6. The molecular formula is C14H25N3O2S. The maximum atomic E-state index is 12.0. The van der Waals surface area contributed by atoms with Gasteiger partial charge in [0.25, 0.3) is 5.91 Å². The minimum atomic E-state index is -0.142. The van der Waals surface area contributed by atoms with Gasteiger partial charge in [-0.3, -0.25) is 4.79 Å². The van der Waals surface area contributed by atoms with Crippen molar-refractivity contribution in [2.75, 3.05) is 19.7 Å². The third kappa shape index (κ3) is 5.98. The third-order valence-corrected chi connectivity index (χ3v) is 3.94. The predicted molar refractivity (Wildman–Crippen MR) is 81.9 cm³/mol. The second kappa shape index (κ2) is 9.05. The predicted octanol–water partition coefficient (Wildman–Crippen LogP) is 1.42. The largest absolute Gasteiger partial charge is 0.396 e. The summed E-state index contributed by atoms with van der Waals surface area (Å²) in [5.74, 6) is 0.723. The fourth-order valence-electron chi connectivity index (χ4n) is 2.13. The maximum absolute atomic E-state index is 12.0. The second-order valence-electron chi connectivity index (χ2n) is 5.38. The first-order valence-corrected chi connectivity index (χ1v) is 7.98. The molecule has 1 unspecified atom stereocenters. The zero-order valence-corrected chi connectivity index (χ0v) is 13.1. The van der Waals surface area contributed by atoms with Crippen molar-refractivity contribution in [2.24, 2.45) is 17.6 Å². The van der Waals surface area contributed by atoms with E-state index in [1.54, 1.807) is 5.38 Å². The highest BCUT2D eigenvalue weighted by atomic mass is 32.1. The number of aliphatic hydroxyl groups excluding tert-OH is 1. The summed E-state index contributed by atoms with van der Waals surface area (Å²) in [5.41, 5.74) is 5.93. The molecule has 4 N–H and O–H groups in total. The van der Waals surface area contributed by atoms with Crippen LogP contribution in [0.3, 0.4) is 0 Å². The summed E-state index contributed by atoms with van der Waals surface area (Å²) in [6.45, 7) is 5.57. The first-order chi connectivity index (χ1) is 9.56. The number of nitrogens with two attached hydrogens (primary N) is 1. The lowest BCUT2D eigenvalue weighted by Gasteiger charge is -2.18. The molecule has 0 aliphatic heterocycles. The number of thiazole rings is 1. The van der Waals surface area contributed by atoms with Crippen LogP contribution in [0.15, 0.2) is 5.38 Å². The first kappa shape index (κ1) is 17.1. The van der Waals surface area contributed by atoms with Crippen LogP contribution in [0.4, 0.5) is 0 Å². The Morgan fingerprint density at radius 1 is 1.55 bits per heavy atom. The van der Waals surface area contributed by atoms with Gasteiger partial charge in [-0.2, -0.15) is 0 Å². The zero-order valence-electron chi connectivity index (χ0n) is 12.3. The van der Waals surface area contributed by atoms with Gasteiger partial charge in [-0.05, 0) is 31.2 Å². The molecule has 0 saturated carbocycles. The third-order valence-electron chi connectivity index (χ3n) is 3.04. The Kier molecular flexibility index (Phi) is 7.72. The van der Waals surface area contributed by atoms with Gasteiger partial charge in [0.1, 0.15) is 5.69 Å². The highest BCUT2D eigenvalue weighted by molar-refractivity contribution is 7.09. The van der Waals surface area contributed by atoms with Crippen molar-refractivity contribution in [3.05, 3.63) is 16.1 Å². The summed E-state index contributed by atoms with van der Waals surface area (Å²) in [7, 11) is 0. The molecule has 0 aromatic carbocycles. The average molecular weight is 299 g/mol. The first-order valence-electron chi connectivity index (χ1n) is 7.10. The maximum Gasteiger partial charge on any atom is 0.270 e. The van der Waals surface area contributed by atoms with E-state index in [1.165, 1.54) is 11.3 Å². The lowest BCUT2D eigenvalue weighted by molar-refractivity contribution is 0.0937. The molecule has 1 amide bonds. The van der Waals surface area contributed by atoms with Gasteiger partial charge in [-0.1, -0.05) is 13.8 Å². The molecule has 1 heterocycles. The van der Waals surface area contributed by atoms with Crippen LogP contribution < -0.4 is 11.1 Å². The summed E-state index contributed by atoms with van der Waals surface area (Å²) in [6.07, 6.45) is 2.42. The van der Waals surface area contributed by atoms with Crippen LogP contribution in [0.1, 0.15) is 42.2 Å². The smallest absolute Gasteiger partial charge is 0.270 e. The van der Waals surface area contributed by atoms with E-state index >= 15 is 0 Å². The lowest BCUT2D eigenvalue weighted by atomic mass is 9.94. The highest BCUT2D eigenvalue weighted by Crippen LogP contribution is 2.15. The minimum Gasteiger partial charge on any atom is -0.396 e. The molecule has 1 aromatic rings. The number of hydrogen-bond acceptors (Lipinski definition) is 5. The molecule has 0 fully saturated rings. The molecule has 0 bridgehead atoms. The Labute approximate surface area is 124 Å². The molecule has 20 heavy (non-hydrogen) atoms. The monoisotopic (exact) mass is 299 g/mol. The molecule has 114 valence electrons. The summed E-state index contributed by atoms with van der Waals surface area (Å²) in [4.78, 5) is 16.3. The van der Waals surface area contributed by atoms with E-state index in [0.717, 1.165) is 11.4 Å². The molecule has 0 aliphatic carbocycles. The Hall–Kier alpha value is -0.980. The normalized spacial score (nSPS) is 12.7. The van der Waals surface area contributed by atoms with E-state index in [0.29, 0.717) is 43.5 Å². The van der Waals surface area contributed by atoms with E-state index in [9.17, 15) is 4.79 Å². The number of aromatic nitrogens is 1. The van der Waals surface area contributed by atoms with E-state index in [4.69, 9.17) is 10.8 Å². The summed E-state index contributed by atoms with van der Waals surface area (Å²) in [6, 6.07) is 0. The second-order valence-corrected chi connectivity index (χ2v) is 6.33. The van der Waals surface area contributed by atoms with Crippen molar-refractivity contribution < 1.29 is 9.90 Å². The average Bonchev–Trinajstić information content (AvgIpc) is 2.84. The van der Waals surface area contributed by atoms with Crippen LogP contribution in [-0.4, -0.2) is 35.7 Å². The van der Waals surface area contributed by atoms with Crippen LogP contribution in [0, 0.1) is 11.8 Å². The van der Waals surface area contributed by atoms with Gasteiger partial charge in [0.05, 0.1) is 5.01 Å². The molecule has 0 spiro atoms. The van der Waals surface area contributed by atoms with Gasteiger partial charge in [0.2, 0.25) is 0 Å². The van der Waals surface area contributed by atoms with Crippen LogP contribution in [0.5, 0.6) is 0 Å². The number of aliphatic hydroxyl groups is 1. The molecule has 1 aromatic heterocycles. The van der Waals surface area contributed by atoms with Gasteiger partial charge in [0, 0.05) is 25.0 Å². The number of hydrogen-bond donors (Lipinski definition) is 3. The Morgan fingerprint density at radius 3 is 2.90 bits per heavy atom. The molecule has 0 radical (unpaired) electrons. The number of carbonyl (C=O) groups is 1. The van der Waals surface area contributed by atoms with Crippen LogP contribution in [0.2, 0.25) is 0 Å². The van der Waals surface area contributed by atoms with Crippen LogP contribution in [-0.2, 0) is 6.42 Å². The fourth-order valence-corrected chi connectivity index (χ4v) is 2.93. The minimum absolute atomic E-state index is 0.142. The van der Waals surface area contributed by atoms with Gasteiger partial charge < -0.3 is 16.2 Å². The quantitative estimate of drug-likeness (QED) is 0.643. The van der Waals surface area contributed by atoms with Crippen LogP contribution >= 0.6 is 11.3 Å². The van der Waals surface area contributed by atoms with E-state index < -0.39 is 0 Å². The van der Waals surface area contributed by atoms with Gasteiger partial charge in [0.15, 0.2) is 0 Å². The van der Waals surface area contributed by atoms with E-state index in [-0.39, 0.29) is 12.5 Å². The van der Waals surface area contributed by atoms with E-state index in [1.807, 2.05) is 0 Å². The van der Waals surface area contributed by atoms with Crippen molar-refractivity contribution in [2.45, 2.75) is 33.1 Å². The number of nitrogens with one attached hydrogen (secondary N) is 1. The van der Waals surface area contributed by atoms with Gasteiger partial charge in [-0.15, -0.1) is 11.3 Å². The number of amides is 1. The molecule has 5 nitrogen and oxygen atoms in total. The zero-order chi connectivity index (χ0) is 15.0. The van der Waals surface area contributed by atoms with Crippen molar-refractivity contribution in [1.82, 2.24) is 10.3 Å². The van der Waals surface area contributed by atoms with Crippen molar-refractivity contribution in [3.63, 3.8) is 0 Å². The van der Waals surface area contributed by atoms with Gasteiger partial charge in [-0.25, -0.2) is 4.98 Å².